The summed E-state index contributed by atoms with van der Waals surface area (Å²) in [6, 6.07) is 57.0. The topological polar surface area (TPSA) is 532 Å². The zero-order chi connectivity index (χ0) is 94.5. The molecule has 1 amide bonds. The van der Waals surface area contributed by atoms with Crippen molar-refractivity contribution in [2.45, 2.75) is 93.0 Å². The summed E-state index contributed by atoms with van der Waals surface area (Å²) < 4.78 is 50.2. The van der Waals surface area contributed by atoms with Gasteiger partial charge in [-0.25, -0.2) is 87.9 Å². The second kappa shape index (κ2) is 49.4. The lowest BCUT2D eigenvalue weighted by molar-refractivity contribution is -0.151. The number of phenolic OH excluding ortho intramolecular Hbond substituents is 1. The van der Waals surface area contributed by atoms with Gasteiger partial charge in [0.2, 0.25) is 0 Å². The number of esters is 3. The first-order chi connectivity index (χ1) is 64.1. The lowest BCUT2D eigenvalue weighted by atomic mass is 10.1. The summed E-state index contributed by atoms with van der Waals surface area (Å²) in [5.74, 6) is -3.81. The molecule has 6 N–H and O–H groups in total. The van der Waals surface area contributed by atoms with Gasteiger partial charge in [0.25, 0.3) is 11.7 Å². The van der Waals surface area contributed by atoms with Crippen molar-refractivity contribution in [3.05, 3.63) is 301 Å². The number of carbonyl (C=O) groups is 8. The van der Waals surface area contributed by atoms with Crippen LogP contribution in [0.2, 0.25) is 0 Å². The van der Waals surface area contributed by atoms with Gasteiger partial charge in [0, 0.05) is 63.6 Å². The number of aromatic nitrogens is 15. The minimum Gasteiger partial charge on any atom is -0.507 e. The molecule has 0 spiro atoms. The molecule has 0 aliphatic carbocycles. The van der Waals surface area contributed by atoms with Crippen molar-refractivity contribution >= 4 is 125 Å². The fraction of sp³-hybridized carbons (Fsp3) is 0.180. The predicted molar refractivity (Wildman–Crippen MR) is 519 cm³/mol. The fourth-order valence-electron chi connectivity index (χ4n) is 12.5. The maximum absolute atomic E-state index is 12.2. The Hall–Kier alpha value is -18.3. The molecule has 39 heteroatoms. The number of nitrogens with two attached hydrogens (primary N) is 1. The molecular weight excluding hydrogens is 1790 g/mol. The van der Waals surface area contributed by atoms with E-state index in [-0.39, 0.29) is 116 Å². The van der Waals surface area contributed by atoms with E-state index in [4.69, 9.17) is 51.7 Å². The van der Waals surface area contributed by atoms with Crippen LogP contribution < -0.4 is 5.73 Å². The Bertz CT molecular complexity index is 7430. The third-order valence-corrected chi connectivity index (χ3v) is 19.0. The van der Waals surface area contributed by atoms with Gasteiger partial charge in [-0.15, -0.1) is 0 Å². The van der Waals surface area contributed by atoms with Crippen LogP contribution in [-0.4, -0.2) is 181 Å². The molecule has 0 radical (unpaired) electrons. The van der Waals surface area contributed by atoms with Gasteiger partial charge in [-0.2, -0.15) is 15.3 Å². The number of ketones is 2. The number of carboxylic acid groups (broad SMARTS) is 2. The molecule has 720 valence electrons. The van der Waals surface area contributed by atoms with Crippen molar-refractivity contribution in [3.63, 3.8) is 0 Å². The zero-order valence-corrected chi connectivity index (χ0v) is 72.1. The number of nitrogens with zero attached hydrogens (tertiary/aromatic N) is 16. The number of rotatable bonds is 19. The zero-order valence-electron chi connectivity index (χ0n) is 72.1. The first kappa shape index (κ1) is 108. The molecule has 19 aromatic rings. The van der Waals surface area contributed by atoms with Crippen LogP contribution >= 0.6 is 0 Å². The number of ether oxygens (including phenoxy) is 3. The number of pyridine rings is 3. The van der Waals surface area contributed by atoms with E-state index < -0.39 is 35.6 Å². The Balaban J connectivity index is 0.000000223. The van der Waals surface area contributed by atoms with Crippen LogP contribution in [0, 0.1) is 20.8 Å². The average molecular weight is 1900 g/mol. The molecule has 0 aliphatic heterocycles. The third-order valence-electron chi connectivity index (χ3n) is 19.0. The quantitative estimate of drug-likeness (QED) is 0.00577. The van der Waals surface area contributed by atoms with Crippen LogP contribution in [-0.2, 0) is 28.6 Å². The van der Waals surface area contributed by atoms with Crippen LogP contribution in [0.4, 0.5) is 5.69 Å². The number of oxazole rings is 6. The van der Waals surface area contributed by atoms with Crippen molar-refractivity contribution in [1.82, 2.24) is 79.3 Å². The number of phenols is 1. The average Bonchev–Trinajstić information content (AvgIpc) is 1.64. The summed E-state index contributed by atoms with van der Waals surface area (Å²) in [6.07, 6.45) is 8.87. The van der Waals surface area contributed by atoms with E-state index >= 15 is 0 Å². The maximum Gasteiger partial charge on any atom is 0.379 e. The minimum atomic E-state index is -1.09. The summed E-state index contributed by atoms with van der Waals surface area (Å²) in [7, 11) is 2.98. The molecule has 0 atom stereocenters. The van der Waals surface area contributed by atoms with Gasteiger partial charge in [0.1, 0.15) is 44.6 Å². The van der Waals surface area contributed by atoms with Crippen LogP contribution in [0.15, 0.2) is 271 Å². The van der Waals surface area contributed by atoms with E-state index in [1.54, 1.807) is 134 Å². The maximum atomic E-state index is 12.2. The van der Waals surface area contributed by atoms with Crippen molar-refractivity contribution in [2.75, 3.05) is 39.7 Å². The van der Waals surface area contributed by atoms with Crippen molar-refractivity contribution in [2.24, 2.45) is 0 Å². The predicted octanol–water partition coefficient (Wildman–Crippen LogP) is 20.0. The summed E-state index contributed by atoms with van der Waals surface area (Å²) >= 11 is 0. The third kappa shape index (κ3) is 26.6. The fourth-order valence-corrected chi connectivity index (χ4v) is 12.5. The molecule has 19 rings (SSSR count). The van der Waals surface area contributed by atoms with Gasteiger partial charge in [-0.05, 0) is 212 Å². The van der Waals surface area contributed by atoms with Crippen LogP contribution in [0.5, 0.6) is 5.75 Å². The number of aromatic carboxylic acids is 2. The number of aromatic hydroxyl groups is 1. The van der Waals surface area contributed by atoms with Crippen molar-refractivity contribution in [1.29, 1.82) is 0 Å². The molecule has 7 aromatic carbocycles. The molecule has 0 bridgehead atoms. The summed E-state index contributed by atoms with van der Waals surface area (Å²) in [6.45, 7) is 12.9. The Morgan fingerprint density at radius 2 is 0.719 bits per heavy atom. The van der Waals surface area contributed by atoms with E-state index in [1.165, 1.54) is 87.4 Å². The van der Waals surface area contributed by atoms with Crippen LogP contribution in [0.3, 0.4) is 0 Å². The number of hydrogen-bond acceptors (Lipinski definition) is 33. The second-order valence-corrected chi connectivity index (χ2v) is 28.1. The molecule has 0 unspecified atom stereocenters. The molecule has 0 saturated carbocycles. The molecule has 0 fully saturated rings. The molecule has 0 saturated heterocycles. The van der Waals surface area contributed by atoms with Gasteiger partial charge in [0.05, 0.1) is 55.3 Å². The Morgan fingerprint density at radius 3 is 1.08 bits per heavy atom. The highest BCUT2D eigenvalue weighted by atomic mass is 16.7. The number of carboxylic acids is 2. The van der Waals surface area contributed by atoms with Gasteiger partial charge in [-0.3, -0.25) is 19.2 Å². The SMILES string of the molecule is C.C.C.C.C.C.CC(=O)c1ccc2ncoc2c1.CCOC(=O)C(=O)C=C(O)c1ccc2ncoc2c1.CCOC(=O)c1cc(-c2ccc(N)c(O)c2)n(-c2cccc(C)n2)n1.CCOC(=O)c1cc(-c2ccc3ncoc3c2)n(-c2cccc(C)n2)n1.CON(C)C(=O)c1ccc2ncoc2c1.Cc1cccc(-n2nc(C(=O)O)cc2-c2ccc3ncoc3c2)n1.O=C(O)c1ccc2ncoc2c1. The number of anilines is 1. The standard InChI is InChI=1S/C19H16N4O3.C18H18N4O3.C17H12N4O3.C13H11NO5.C10H10N2O3.C9H7NO2.C8H5NO3.6CH4/c1-3-25-19(24)15-10-16(13-7-8-14-17(9-13)26-11-20-14)23(22-15)18-6-4-5-12(2)21-18;1-3-25-18(24)14-10-15(12-7-8-13(19)16(23)9-12)22(21-14)17-6-4-5-11(2)20-17;1-10-3-2-4-16(19-10)21-14(8-13(20-21)17(22)23)11-5-6-12-15(7-11)24-9-18-12;1-2-18-13(17)11(16)6-10(15)8-3-4-9-12(5-8)19-7-14-9;1-12(14-2)10(13)7-3-4-8-9(5-7)15-6-11-8;1-6(11)7-2-3-8-9(4-7)12-5-10-8;10-8(11)5-1-2-6-7(3-5)12-4-9-6;;;;;;/h4-11H,3H2,1-2H3;4-10,23H,3,19H2,1-2H3;2-9H,1H3,(H,22,23);3-7,15H,2H2,1H3;3-6H,1-2H3;2-5H,1H3;1-4H,(H,10,11);6*1H4. The number of fused-ring (bicyclic) bond motifs is 6. The number of carbonyl (C=O) groups excluding carboxylic acids is 6. The Morgan fingerprint density at radius 1 is 0.396 bits per heavy atom. The molecule has 0 aliphatic rings. The first-order valence-corrected chi connectivity index (χ1v) is 40.1. The number of hydrogen-bond donors (Lipinski definition) is 5. The summed E-state index contributed by atoms with van der Waals surface area (Å²) in [5.41, 5.74) is 22.4. The van der Waals surface area contributed by atoms with Gasteiger partial charge < -0.3 is 66.9 Å². The normalized spacial score (nSPS) is 10.4. The molecule has 139 heavy (non-hydrogen) atoms. The molecule has 39 nitrogen and oxygen atoms in total. The van der Waals surface area contributed by atoms with E-state index in [2.05, 4.69) is 64.9 Å². The van der Waals surface area contributed by atoms with Gasteiger partial charge in [0.15, 0.2) is 112 Å². The van der Waals surface area contributed by atoms with Gasteiger partial charge >= 0.3 is 29.8 Å². The lowest BCUT2D eigenvalue weighted by Crippen LogP contribution is -2.25. The highest BCUT2D eigenvalue weighted by Gasteiger charge is 2.24. The first-order valence-electron chi connectivity index (χ1n) is 40.1. The summed E-state index contributed by atoms with van der Waals surface area (Å²) in [5, 5.41) is 51.7. The largest absolute Gasteiger partial charge is 0.507 e. The minimum absolute atomic E-state index is 0. The van der Waals surface area contributed by atoms with E-state index in [1.807, 2.05) is 93.6 Å². The number of Topliss-reactive ketones (excluding diaryl/α,β-unsaturated/α-hetero) is 1. The summed E-state index contributed by atoms with van der Waals surface area (Å²) in [4.78, 5) is 133. The van der Waals surface area contributed by atoms with Crippen LogP contribution in [0.25, 0.3) is 124 Å². The highest BCUT2D eigenvalue weighted by molar-refractivity contribution is 6.39. The Labute approximate surface area is 795 Å². The highest BCUT2D eigenvalue weighted by Crippen LogP contribution is 2.33. The van der Waals surface area contributed by atoms with Crippen molar-refractivity contribution < 1.29 is 104 Å². The second-order valence-electron chi connectivity index (χ2n) is 28.1. The number of aliphatic hydroxyl groups excluding tert-OH is 1. The number of hydroxylamine groups is 2. The van der Waals surface area contributed by atoms with E-state index in [9.17, 15) is 53.7 Å². The molecular formula is C100H103N17O22. The molecule has 12 aromatic heterocycles. The number of aliphatic hydroxyl groups is 1. The van der Waals surface area contributed by atoms with E-state index in [0.29, 0.717) is 101 Å². The van der Waals surface area contributed by atoms with E-state index in [0.717, 1.165) is 61.4 Å². The van der Waals surface area contributed by atoms with Gasteiger partial charge in [-0.1, -0.05) is 81.0 Å². The number of amides is 1. The number of nitrogen functional groups attached to an aromatic ring is 1. The smallest absolute Gasteiger partial charge is 0.379 e. The van der Waals surface area contributed by atoms with Crippen molar-refractivity contribution in [3.8, 4) is 57.0 Å². The Kier molecular flexibility index (Phi) is 38.3. The molecule has 12 heterocycles. The van der Waals surface area contributed by atoms with Crippen LogP contribution in [0.1, 0.15) is 157 Å². The number of benzene rings is 7. The monoisotopic (exact) mass is 1890 g/mol. The lowest BCUT2D eigenvalue weighted by Gasteiger charge is -2.12. The number of aryl methyl sites for hydroxylation is 3.